The normalized spacial score (nSPS) is 11.1. The van der Waals surface area contributed by atoms with Crippen LogP contribution in [0.4, 0.5) is 0 Å². The maximum Gasteiger partial charge on any atom is 0.343 e. The number of halogens is 3. The Hall–Kier alpha value is -2.79. The zero-order valence-corrected chi connectivity index (χ0v) is 20.1. The van der Waals surface area contributed by atoms with Crippen LogP contribution >= 0.6 is 34.8 Å². The molecule has 4 aromatic rings. The highest BCUT2D eigenvalue weighted by Crippen LogP contribution is 2.41. The van der Waals surface area contributed by atoms with Crippen molar-refractivity contribution in [3.8, 4) is 5.75 Å². The van der Waals surface area contributed by atoms with Gasteiger partial charge in [0.05, 0.1) is 16.0 Å². The summed E-state index contributed by atoms with van der Waals surface area (Å²) in [7, 11) is 0. The Morgan fingerprint density at radius 3 is 2.06 bits per heavy atom. The summed E-state index contributed by atoms with van der Waals surface area (Å²) in [5.74, 6) is -0.387. The number of carbonyl (C=O) groups is 2. The van der Waals surface area contributed by atoms with Crippen LogP contribution < -0.4 is 4.74 Å². The molecule has 0 radical (unpaired) electrons. The largest absolute Gasteiger partial charge is 0.451 e. The Bertz CT molecular complexity index is 1350. The molecular formula is C26H19Cl3O4. The van der Waals surface area contributed by atoms with E-state index in [2.05, 4.69) is 0 Å². The van der Waals surface area contributed by atoms with Gasteiger partial charge in [-0.1, -0.05) is 48.1 Å². The number of furan rings is 1. The molecule has 168 valence electrons. The first-order valence-electron chi connectivity index (χ1n) is 10.3. The Kier molecular flexibility index (Phi) is 6.80. The van der Waals surface area contributed by atoms with Crippen molar-refractivity contribution in [2.45, 2.75) is 26.7 Å². The molecule has 0 aliphatic carbocycles. The molecule has 0 N–H and O–H groups in total. The number of carbonyl (C=O) groups excluding carboxylic acids is 2. The Morgan fingerprint density at radius 1 is 0.909 bits per heavy atom. The van der Waals surface area contributed by atoms with E-state index in [0.29, 0.717) is 54.9 Å². The lowest BCUT2D eigenvalue weighted by Gasteiger charge is -2.12. The summed E-state index contributed by atoms with van der Waals surface area (Å²) in [6.45, 7) is 3.77. The Labute approximate surface area is 206 Å². The minimum atomic E-state index is -0.543. The van der Waals surface area contributed by atoms with E-state index in [9.17, 15) is 9.59 Å². The van der Waals surface area contributed by atoms with Gasteiger partial charge in [0.15, 0.2) is 11.3 Å². The molecule has 3 aromatic carbocycles. The number of hydrogen-bond acceptors (Lipinski definition) is 4. The van der Waals surface area contributed by atoms with Crippen molar-refractivity contribution in [3.63, 3.8) is 0 Å². The van der Waals surface area contributed by atoms with E-state index in [4.69, 9.17) is 44.0 Å². The lowest BCUT2D eigenvalue weighted by molar-refractivity contribution is 0.0735. The fraction of sp³-hybridized carbons (Fsp3) is 0.154. The van der Waals surface area contributed by atoms with E-state index in [1.807, 2.05) is 6.92 Å². The van der Waals surface area contributed by atoms with Gasteiger partial charge in [0.1, 0.15) is 5.75 Å². The fourth-order valence-corrected chi connectivity index (χ4v) is 4.17. The molecule has 0 aliphatic heterocycles. The standard InChI is InChI=1S/C26H19Cl3O4/c1-3-4-17-13-20(29)25-21(24(17)33-26(31)16-7-11-19(28)12-8-16)14(2)23(32-25)22(30)15-5-9-18(27)10-6-15/h5-13H,3-4H2,1-2H3. The smallest absolute Gasteiger partial charge is 0.343 e. The molecule has 0 saturated carbocycles. The molecular weight excluding hydrogens is 483 g/mol. The maximum absolute atomic E-state index is 13.2. The number of hydrogen-bond donors (Lipinski definition) is 0. The van der Waals surface area contributed by atoms with Crippen molar-refractivity contribution in [1.82, 2.24) is 0 Å². The van der Waals surface area contributed by atoms with Gasteiger partial charge in [-0.05, 0) is 73.5 Å². The number of benzene rings is 3. The zero-order valence-electron chi connectivity index (χ0n) is 17.9. The van der Waals surface area contributed by atoms with Gasteiger partial charge < -0.3 is 9.15 Å². The Morgan fingerprint density at radius 2 is 1.48 bits per heavy atom. The second-order valence-corrected chi connectivity index (χ2v) is 8.87. The highest BCUT2D eigenvalue weighted by molar-refractivity contribution is 6.35. The highest BCUT2D eigenvalue weighted by Gasteiger charge is 2.26. The third-order valence-corrected chi connectivity index (χ3v) is 6.07. The molecule has 0 spiro atoms. The van der Waals surface area contributed by atoms with E-state index in [1.54, 1.807) is 61.5 Å². The predicted molar refractivity (Wildman–Crippen MR) is 131 cm³/mol. The molecule has 33 heavy (non-hydrogen) atoms. The van der Waals surface area contributed by atoms with Crippen LogP contribution in [0.3, 0.4) is 0 Å². The van der Waals surface area contributed by atoms with Gasteiger partial charge in [0.2, 0.25) is 5.78 Å². The quantitative estimate of drug-likeness (QED) is 0.152. The van der Waals surface area contributed by atoms with E-state index in [-0.39, 0.29) is 11.5 Å². The fourth-order valence-electron chi connectivity index (χ4n) is 3.66. The molecule has 0 unspecified atom stereocenters. The van der Waals surface area contributed by atoms with Gasteiger partial charge in [0, 0.05) is 21.2 Å². The number of esters is 1. The zero-order chi connectivity index (χ0) is 23.7. The number of aryl methyl sites for hydroxylation is 2. The first-order chi connectivity index (χ1) is 15.8. The van der Waals surface area contributed by atoms with Crippen LogP contribution in [0.5, 0.6) is 5.75 Å². The van der Waals surface area contributed by atoms with Gasteiger partial charge in [-0.3, -0.25) is 4.79 Å². The van der Waals surface area contributed by atoms with Crippen molar-refractivity contribution >= 4 is 57.5 Å². The first-order valence-corrected chi connectivity index (χ1v) is 11.5. The minimum Gasteiger partial charge on any atom is -0.451 e. The number of ether oxygens (including phenoxy) is 1. The third-order valence-electron chi connectivity index (χ3n) is 5.29. The molecule has 0 amide bonds. The van der Waals surface area contributed by atoms with Gasteiger partial charge in [-0.2, -0.15) is 0 Å². The van der Waals surface area contributed by atoms with Crippen molar-refractivity contribution in [2.75, 3.05) is 0 Å². The topological polar surface area (TPSA) is 56.5 Å². The van der Waals surface area contributed by atoms with Gasteiger partial charge in [0.25, 0.3) is 0 Å². The minimum absolute atomic E-state index is 0.131. The van der Waals surface area contributed by atoms with Gasteiger partial charge in [-0.15, -0.1) is 0 Å². The lowest BCUT2D eigenvalue weighted by atomic mass is 10.0. The molecule has 0 fully saturated rings. The molecule has 0 saturated heterocycles. The first kappa shape index (κ1) is 23.4. The second-order valence-electron chi connectivity index (χ2n) is 7.59. The monoisotopic (exact) mass is 500 g/mol. The Balaban J connectivity index is 1.85. The number of ketones is 1. The van der Waals surface area contributed by atoms with Crippen molar-refractivity contribution in [2.24, 2.45) is 0 Å². The van der Waals surface area contributed by atoms with E-state index in [0.717, 1.165) is 12.0 Å². The molecule has 4 rings (SSSR count). The summed E-state index contributed by atoms with van der Waals surface area (Å²) < 4.78 is 11.8. The molecule has 0 aliphatic rings. The van der Waals surface area contributed by atoms with Crippen LogP contribution in [0, 0.1) is 6.92 Å². The summed E-state index contributed by atoms with van der Waals surface area (Å²) in [6.07, 6.45) is 1.44. The van der Waals surface area contributed by atoms with Crippen molar-refractivity contribution in [3.05, 3.63) is 97.7 Å². The van der Waals surface area contributed by atoms with Crippen LogP contribution in [0.15, 0.2) is 59.0 Å². The van der Waals surface area contributed by atoms with E-state index in [1.165, 1.54) is 0 Å². The van der Waals surface area contributed by atoms with Crippen LogP contribution in [-0.2, 0) is 6.42 Å². The van der Waals surface area contributed by atoms with Crippen molar-refractivity contribution < 1.29 is 18.7 Å². The lowest BCUT2D eigenvalue weighted by Crippen LogP contribution is -2.10. The maximum atomic E-state index is 13.2. The van der Waals surface area contributed by atoms with Gasteiger partial charge in [-0.25, -0.2) is 4.79 Å². The number of fused-ring (bicyclic) bond motifs is 1. The van der Waals surface area contributed by atoms with Crippen molar-refractivity contribution in [1.29, 1.82) is 0 Å². The molecule has 1 heterocycles. The van der Waals surface area contributed by atoms with Crippen LogP contribution in [0.25, 0.3) is 11.0 Å². The average Bonchev–Trinajstić information content (AvgIpc) is 3.15. The SMILES string of the molecule is CCCc1cc(Cl)c2oc(C(=O)c3ccc(Cl)cc3)c(C)c2c1OC(=O)c1ccc(Cl)cc1. The van der Waals surface area contributed by atoms with Crippen LogP contribution in [-0.4, -0.2) is 11.8 Å². The molecule has 4 nitrogen and oxygen atoms in total. The molecule has 7 heteroatoms. The molecule has 1 aromatic heterocycles. The molecule has 0 bridgehead atoms. The average molecular weight is 502 g/mol. The third kappa shape index (κ3) is 4.65. The summed E-state index contributed by atoms with van der Waals surface area (Å²) in [6, 6.07) is 14.7. The van der Waals surface area contributed by atoms with Gasteiger partial charge >= 0.3 is 5.97 Å². The summed E-state index contributed by atoms with van der Waals surface area (Å²) >= 11 is 18.4. The summed E-state index contributed by atoms with van der Waals surface area (Å²) in [5.41, 5.74) is 2.37. The second kappa shape index (κ2) is 9.60. The number of rotatable bonds is 6. The molecule has 0 atom stereocenters. The highest BCUT2D eigenvalue weighted by atomic mass is 35.5. The van der Waals surface area contributed by atoms with Crippen LogP contribution in [0.1, 0.15) is 50.9 Å². The van der Waals surface area contributed by atoms with E-state index < -0.39 is 5.97 Å². The van der Waals surface area contributed by atoms with Crippen LogP contribution in [0.2, 0.25) is 15.1 Å². The van der Waals surface area contributed by atoms with E-state index >= 15 is 0 Å². The predicted octanol–water partition coefficient (Wildman–Crippen LogP) is 8.10. The summed E-state index contributed by atoms with van der Waals surface area (Å²) in [4.78, 5) is 26.1. The summed E-state index contributed by atoms with van der Waals surface area (Å²) in [5, 5.41) is 1.89.